The van der Waals surface area contributed by atoms with Gasteiger partial charge in [0.1, 0.15) is 23.1 Å². The van der Waals surface area contributed by atoms with Gasteiger partial charge in [0.25, 0.3) is 5.91 Å². The number of rotatable bonds is 7. The monoisotopic (exact) mass is 396 g/mol. The Kier molecular flexibility index (Phi) is 6.45. The summed E-state index contributed by atoms with van der Waals surface area (Å²) in [5, 5.41) is 6.70. The highest BCUT2D eigenvalue weighted by atomic mass is 35.5. The molecule has 0 spiro atoms. The maximum atomic E-state index is 12.5. The van der Waals surface area contributed by atoms with Gasteiger partial charge < -0.3 is 15.4 Å². The van der Waals surface area contributed by atoms with Gasteiger partial charge >= 0.3 is 0 Å². The molecule has 0 bridgehead atoms. The summed E-state index contributed by atoms with van der Waals surface area (Å²) in [6, 6.07) is 16.5. The summed E-state index contributed by atoms with van der Waals surface area (Å²) < 4.78 is 5.44. The molecule has 144 valence electrons. The highest BCUT2D eigenvalue weighted by molar-refractivity contribution is 6.30. The van der Waals surface area contributed by atoms with Gasteiger partial charge in [-0.3, -0.25) is 4.79 Å². The maximum absolute atomic E-state index is 12.5. The average molecular weight is 397 g/mol. The Hall–Kier alpha value is -3.12. The SMILES string of the molecule is CCOc1ccc(Nc2cc(C(=O)NCc3ccc(Cl)cc3)nc(C)n2)cc1. The maximum Gasteiger partial charge on any atom is 0.270 e. The molecular weight excluding hydrogens is 376 g/mol. The van der Waals surface area contributed by atoms with Gasteiger partial charge in [-0.1, -0.05) is 23.7 Å². The van der Waals surface area contributed by atoms with Gasteiger partial charge in [0.05, 0.1) is 6.61 Å². The van der Waals surface area contributed by atoms with Crippen molar-refractivity contribution >= 4 is 29.0 Å². The number of carbonyl (C=O) groups is 1. The molecule has 3 aromatic rings. The molecule has 0 saturated heterocycles. The number of halogens is 1. The van der Waals surface area contributed by atoms with Crippen LogP contribution in [0, 0.1) is 6.92 Å². The van der Waals surface area contributed by atoms with Crippen LogP contribution in [0.3, 0.4) is 0 Å². The van der Waals surface area contributed by atoms with Crippen molar-refractivity contribution in [2.75, 3.05) is 11.9 Å². The van der Waals surface area contributed by atoms with E-state index in [1.165, 1.54) is 0 Å². The van der Waals surface area contributed by atoms with E-state index in [2.05, 4.69) is 20.6 Å². The van der Waals surface area contributed by atoms with Crippen molar-refractivity contribution in [1.82, 2.24) is 15.3 Å². The number of anilines is 2. The molecule has 0 aliphatic heterocycles. The van der Waals surface area contributed by atoms with Crippen molar-refractivity contribution in [3.05, 3.63) is 76.7 Å². The minimum absolute atomic E-state index is 0.268. The first-order valence-electron chi connectivity index (χ1n) is 8.91. The molecule has 0 aliphatic rings. The van der Waals surface area contributed by atoms with Crippen LogP contribution in [0.4, 0.5) is 11.5 Å². The Morgan fingerprint density at radius 3 is 2.46 bits per heavy atom. The number of benzene rings is 2. The van der Waals surface area contributed by atoms with Crippen molar-refractivity contribution < 1.29 is 9.53 Å². The molecule has 0 saturated carbocycles. The van der Waals surface area contributed by atoms with E-state index in [9.17, 15) is 4.79 Å². The van der Waals surface area contributed by atoms with Crippen molar-refractivity contribution in [2.24, 2.45) is 0 Å². The zero-order chi connectivity index (χ0) is 19.9. The molecule has 0 fully saturated rings. The number of nitrogens with zero attached hydrogens (tertiary/aromatic N) is 2. The lowest BCUT2D eigenvalue weighted by atomic mass is 10.2. The van der Waals surface area contributed by atoms with E-state index in [4.69, 9.17) is 16.3 Å². The fourth-order valence-electron chi connectivity index (χ4n) is 2.57. The molecular formula is C21H21ClN4O2. The molecule has 2 aromatic carbocycles. The van der Waals surface area contributed by atoms with Crippen molar-refractivity contribution in [2.45, 2.75) is 20.4 Å². The lowest BCUT2D eigenvalue weighted by Crippen LogP contribution is -2.24. The molecule has 28 heavy (non-hydrogen) atoms. The Balaban J connectivity index is 1.67. The fourth-order valence-corrected chi connectivity index (χ4v) is 2.70. The molecule has 1 heterocycles. The van der Waals surface area contributed by atoms with E-state index in [1.54, 1.807) is 25.1 Å². The summed E-state index contributed by atoms with van der Waals surface area (Å²) in [6.07, 6.45) is 0. The van der Waals surface area contributed by atoms with E-state index in [0.717, 1.165) is 17.0 Å². The fraction of sp³-hybridized carbons (Fsp3) is 0.190. The van der Waals surface area contributed by atoms with Crippen molar-refractivity contribution in [3.8, 4) is 5.75 Å². The van der Waals surface area contributed by atoms with Gasteiger partial charge in [0.15, 0.2) is 0 Å². The van der Waals surface area contributed by atoms with Crippen LogP contribution >= 0.6 is 11.6 Å². The summed E-state index contributed by atoms with van der Waals surface area (Å²) in [5.74, 6) is 1.59. The third-order valence-corrected chi connectivity index (χ3v) is 4.13. The Morgan fingerprint density at radius 2 is 1.79 bits per heavy atom. The van der Waals surface area contributed by atoms with E-state index in [0.29, 0.717) is 35.5 Å². The third kappa shape index (κ3) is 5.44. The van der Waals surface area contributed by atoms with Crippen LogP contribution in [0.5, 0.6) is 5.75 Å². The van der Waals surface area contributed by atoms with Crippen LogP contribution in [-0.2, 0) is 6.54 Å². The summed E-state index contributed by atoms with van der Waals surface area (Å²) in [5.41, 5.74) is 2.10. The predicted molar refractivity (Wildman–Crippen MR) is 110 cm³/mol. The summed E-state index contributed by atoms with van der Waals surface area (Å²) in [6.45, 7) is 4.70. The number of nitrogens with one attached hydrogen (secondary N) is 2. The number of ether oxygens (including phenoxy) is 1. The topological polar surface area (TPSA) is 76.1 Å². The molecule has 2 N–H and O–H groups in total. The Morgan fingerprint density at radius 1 is 1.07 bits per heavy atom. The summed E-state index contributed by atoms with van der Waals surface area (Å²) in [4.78, 5) is 21.1. The lowest BCUT2D eigenvalue weighted by molar-refractivity contribution is 0.0945. The third-order valence-electron chi connectivity index (χ3n) is 3.87. The predicted octanol–water partition coefficient (Wildman–Crippen LogP) is 4.51. The van der Waals surface area contributed by atoms with E-state index >= 15 is 0 Å². The van der Waals surface area contributed by atoms with E-state index in [1.807, 2.05) is 43.3 Å². The van der Waals surface area contributed by atoms with Crippen LogP contribution in [-0.4, -0.2) is 22.5 Å². The first-order valence-corrected chi connectivity index (χ1v) is 9.29. The van der Waals surface area contributed by atoms with E-state index in [-0.39, 0.29) is 5.91 Å². The average Bonchev–Trinajstić information content (AvgIpc) is 2.68. The number of hydrogen-bond acceptors (Lipinski definition) is 5. The second-order valence-corrected chi connectivity index (χ2v) is 6.51. The zero-order valence-corrected chi connectivity index (χ0v) is 16.5. The van der Waals surface area contributed by atoms with E-state index < -0.39 is 0 Å². The lowest BCUT2D eigenvalue weighted by Gasteiger charge is -2.10. The number of carbonyl (C=O) groups excluding carboxylic acids is 1. The van der Waals surface area contributed by atoms with Crippen molar-refractivity contribution in [1.29, 1.82) is 0 Å². The van der Waals surface area contributed by atoms with Crippen LogP contribution in [0.2, 0.25) is 5.02 Å². The number of amides is 1. The Labute approximate surface area is 168 Å². The molecule has 3 rings (SSSR count). The zero-order valence-electron chi connectivity index (χ0n) is 15.7. The largest absolute Gasteiger partial charge is 0.494 e. The van der Waals surface area contributed by atoms with Gasteiger partial charge in [-0.25, -0.2) is 9.97 Å². The highest BCUT2D eigenvalue weighted by Crippen LogP contribution is 2.19. The molecule has 0 unspecified atom stereocenters. The smallest absolute Gasteiger partial charge is 0.270 e. The normalized spacial score (nSPS) is 10.4. The van der Waals surface area contributed by atoms with Gasteiger partial charge in [-0.15, -0.1) is 0 Å². The first kappa shape index (κ1) is 19.6. The quantitative estimate of drug-likeness (QED) is 0.614. The van der Waals surface area contributed by atoms with Gasteiger partial charge in [-0.2, -0.15) is 0 Å². The van der Waals surface area contributed by atoms with Gasteiger partial charge in [-0.05, 0) is 55.8 Å². The molecule has 0 radical (unpaired) electrons. The summed E-state index contributed by atoms with van der Waals surface area (Å²) >= 11 is 5.88. The molecule has 0 atom stereocenters. The first-order chi connectivity index (χ1) is 13.5. The molecule has 7 heteroatoms. The Bertz CT molecular complexity index is 944. The van der Waals surface area contributed by atoms with Crippen LogP contribution in [0.25, 0.3) is 0 Å². The second-order valence-electron chi connectivity index (χ2n) is 6.08. The summed E-state index contributed by atoms with van der Waals surface area (Å²) in [7, 11) is 0. The molecule has 6 nitrogen and oxygen atoms in total. The minimum Gasteiger partial charge on any atom is -0.494 e. The standard InChI is InChI=1S/C21H21ClN4O2/c1-3-28-18-10-8-17(9-11-18)26-20-12-19(24-14(2)25-20)21(27)23-13-15-4-6-16(22)7-5-15/h4-12H,3,13H2,1-2H3,(H,23,27)(H,24,25,26). The van der Waals surface area contributed by atoms with Crippen LogP contribution < -0.4 is 15.4 Å². The number of hydrogen-bond donors (Lipinski definition) is 2. The van der Waals surface area contributed by atoms with Gasteiger partial charge in [0, 0.05) is 23.3 Å². The molecule has 1 amide bonds. The second kappa shape index (κ2) is 9.19. The number of aromatic nitrogens is 2. The highest BCUT2D eigenvalue weighted by Gasteiger charge is 2.11. The van der Waals surface area contributed by atoms with Crippen molar-refractivity contribution in [3.63, 3.8) is 0 Å². The minimum atomic E-state index is -0.268. The van der Waals surface area contributed by atoms with Gasteiger partial charge in [0.2, 0.25) is 0 Å². The molecule has 0 aliphatic carbocycles. The molecule has 1 aromatic heterocycles. The van der Waals surface area contributed by atoms with Crippen LogP contribution in [0.1, 0.15) is 28.8 Å². The van der Waals surface area contributed by atoms with Crippen LogP contribution in [0.15, 0.2) is 54.6 Å². The number of aryl methyl sites for hydroxylation is 1.